The van der Waals surface area contributed by atoms with Gasteiger partial charge < -0.3 is 4.57 Å². The Morgan fingerprint density at radius 3 is 2.26 bits per heavy atom. The van der Waals surface area contributed by atoms with Crippen LogP contribution in [0.2, 0.25) is 0 Å². The lowest BCUT2D eigenvalue weighted by molar-refractivity contribution is 0.660. The molecule has 202 valence electrons. The SMILES string of the molecule is C/C=C\c1cc(-c2ccc3c(c2)c2ccc4ccccc4c2n3-c2ccc3c(c2)C(C)(C)c2ccccc2-3)ccc1C. The smallest absolute Gasteiger partial charge is 0.0619 e. The van der Waals surface area contributed by atoms with Crippen LogP contribution in [0.15, 0.2) is 121 Å². The number of aryl methyl sites for hydroxylation is 1. The van der Waals surface area contributed by atoms with Crippen LogP contribution in [-0.4, -0.2) is 4.57 Å². The molecular weight excluding hydrogens is 506 g/mol. The minimum Gasteiger partial charge on any atom is -0.309 e. The number of fused-ring (bicyclic) bond motifs is 8. The van der Waals surface area contributed by atoms with Crippen LogP contribution in [0.4, 0.5) is 0 Å². The highest BCUT2D eigenvalue weighted by molar-refractivity contribution is 6.19. The number of allylic oxidation sites excluding steroid dienone is 1. The van der Waals surface area contributed by atoms with Crippen molar-refractivity contribution in [3.8, 4) is 27.9 Å². The molecule has 0 saturated heterocycles. The summed E-state index contributed by atoms with van der Waals surface area (Å²) in [4.78, 5) is 0. The molecule has 1 heterocycles. The van der Waals surface area contributed by atoms with Gasteiger partial charge in [0.25, 0.3) is 0 Å². The molecule has 0 amide bonds. The van der Waals surface area contributed by atoms with Crippen LogP contribution in [0.1, 0.15) is 43.0 Å². The van der Waals surface area contributed by atoms with Gasteiger partial charge in [0.2, 0.25) is 0 Å². The lowest BCUT2D eigenvalue weighted by atomic mass is 9.82. The second kappa shape index (κ2) is 9.06. The average Bonchev–Trinajstić information content (AvgIpc) is 3.47. The third kappa shape index (κ3) is 3.50. The number of benzene rings is 6. The van der Waals surface area contributed by atoms with Gasteiger partial charge >= 0.3 is 0 Å². The maximum Gasteiger partial charge on any atom is 0.0619 e. The van der Waals surface area contributed by atoms with Crippen molar-refractivity contribution in [3.63, 3.8) is 0 Å². The molecular formula is C41H33N. The first-order valence-electron chi connectivity index (χ1n) is 14.9. The first-order valence-corrected chi connectivity index (χ1v) is 14.9. The third-order valence-electron chi connectivity index (χ3n) is 9.44. The van der Waals surface area contributed by atoms with E-state index in [2.05, 4.69) is 160 Å². The van der Waals surface area contributed by atoms with Crippen LogP contribution in [0.5, 0.6) is 0 Å². The van der Waals surface area contributed by atoms with E-state index in [9.17, 15) is 0 Å². The molecule has 8 rings (SSSR count). The summed E-state index contributed by atoms with van der Waals surface area (Å²) in [5, 5.41) is 5.11. The van der Waals surface area contributed by atoms with Crippen molar-refractivity contribution in [2.45, 2.75) is 33.1 Å². The Balaban J connectivity index is 1.42. The summed E-state index contributed by atoms with van der Waals surface area (Å²) < 4.78 is 2.50. The molecule has 1 heteroatoms. The fourth-order valence-corrected chi connectivity index (χ4v) is 7.24. The Kier molecular flexibility index (Phi) is 5.37. The number of aromatic nitrogens is 1. The molecule has 7 aromatic rings. The molecule has 1 aromatic heterocycles. The molecule has 6 aromatic carbocycles. The first kappa shape index (κ1) is 24.9. The van der Waals surface area contributed by atoms with Crippen molar-refractivity contribution >= 4 is 38.7 Å². The monoisotopic (exact) mass is 539 g/mol. The summed E-state index contributed by atoms with van der Waals surface area (Å²) in [6.45, 7) is 8.98. The Hall–Kier alpha value is -4.88. The molecule has 0 aliphatic heterocycles. The van der Waals surface area contributed by atoms with E-state index in [0.717, 1.165) is 0 Å². The summed E-state index contributed by atoms with van der Waals surface area (Å²) in [5.41, 5.74) is 14.2. The van der Waals surface area contributed by atoms with Gasteiger partial charge in [-0.25, -0.2) is 0 Å². The quantitative estimate of drug-likeness (QED) is 0.210. The molecule has 0 N–H and O–H groups in total. The predicted octanol–water partition coefficient (Wildman–Crippen LogP) is 11.3. The fourth-order valence-electron chi connectivity index (χ4n) is 7.24. The summed E-state index contributed by atoms with van der Waals surface area (Å²) in [6.07, 6.45) is 4.31. The van der Waals surface area contributed by atoms with Crippen molar-refractivity contribution in [2.75, 3.05) is 0 Å². The van der Waals surface area contributed by atoms with Gasteiger partial charge in [-0.1, -0.05) is 111 Å². The molecule has 0 spiro atoms. The Morgan fingerprint density at radius 1 is 0.619 bits per heavy atom. The first-order chi connectivity index (χ1) is 20.5. The van der Waals surface area contributed by atoms with E-state index in [1.54, 1.807) is 0 Å². The topological polar surface area (TPSA) is 4.93 Å². The Labute approximate surface area is 247 Å². The van der Waals surface area contributed by atoms with Crippen LogP contribution < -0.4 is 0 Å². The molecule has 0 radical (unpaired) electrons. The zero-order chi connectivity index (χ0) is 28.6. The van der Waals surface area contributed by atoms with Crippen molar-refractivity contribution in [1.82, 2.24) is 4.57 Å². The highest BCUT2D eigenvalue weighted by Crippen LogP contribution is 2.49. The van der Waals surface area contributed by atoms with E-state index in [0.29, 0.717) is 0 Å². The normalized spacial score (nSPS) is 13.8. The second-order valence-electron chi connectivity index (χ2n) is 12.2. The predicted molar refractivity (Wildman–Crippen MR) is 181 cm³/mol. The Morgan fingerprint density at radius 2 is 1.38 bits per heavy atom. The second-order valence-corrected chi connectivity index (χ2v) is 12.2. The van der Waals surface area contributed by atoms with E-state index < -0.39 is 0 Å². The maximum absolute atomic E-state index is 2.50. The summed E-state index contributed by atoms with van der Waals surface area (Å²) >= 11 is 0. The van der Waals surface area contributed by atoms with Gasteiger partial charge in [-0.05, 0) is 94.1 Å². The van der Waals surface area contributed by atoms with E-state index in [1.165, 1.54) is 82.8 Å². The van der Waals surface area contributed by atoms with Crippen molar-refractivity contribution < 1.29 is 0 Å². The van der Waals surface area contributed by atoms with E-state index >= 15 is 0 Å². The molecule has 0 bridgehead atoms. The molecule has 0 fully saturated rings. The van der Waals surface area contributed by atoms with Gasteiger partial charge in [-0.3, -0.25) is 0 Å². The van der Waals surface area contributed by atoms with Crippen LogP contribution in [0.25, 0.3) is 66.6 Å². The van der Waals surface area contributed by atoms with Crippen LogP contribution >= 0.6 is 0 Å². The zero-order valence-electron chi connectivity index (χ0n) is 24.6. The van der Waals surface area contributed by atoms with Crippen molar-refractivity contribution in [3.05, 3.63) is 144 Å². The molecule has 0 saturated carbocycles. The largest absolute Gasteiger partial charge is 0.309 e. The van der Waals surface area contributed by atoms with Gasteiger partial charge in [-0.2, -0.15) is 0 Å². The van der Waals surface area contributed by atoms with Crippen LogP contribution in [0.3, 0.4) is 0 Å². The average molecular weight is 540 g/mol. The Bertz CT molecular complexity index is 2240. The van der Waals surface area contributed by atoms with E-state index in [1.807, 2.05) is 0 Å². The maximum atomic E-state index is 2.50. The lowest BCUT2D eigenvalue weighted by Gasteiger charge is -2.22. The third-order valence-corrected chi connectivity index (χ3v) is 9.44. The summed E-state index contributed by atoms with van der Waals surface area (Å²) in [7, 11) is 0. The van der Waals surface area contributed by atoms with Gasteiger partial charge in [0.05, 0.1) is 11.0 Å². The number of rotatable bonds is 3. The number of hydrogen-bond donors (Lipinski definition) is 0. The fraction of sp³-hybridized carbons (Fsp3) is 0.122. The summed E-state index contributed by atoms with van der Waals surface area (Å²) in [5.74, 6) is 0. The highest BCUT2D eigenvalue weighted by Gasteiger charge is 2.35. The van der Waals surface area contributed by atoms with Crippen LogP contribution in [-0.2, 0) is 5.41 Å². The van der Waals surface area contributed by atoms with Crippen LogP contribution in [0, 0.1) is 6.92 Å². The molecule has 1 aliphatic carbocycles. The number of nitrogens with zero attached hydrogens (tertiary/aromatic N) is 1. The lowest BCUT2D eigenvalue weighted by Crippen LogP contribution is -2.15. The van der Waals surface area contributed by atoms with Gasteiger partial charge in [0.15, 0.2) is 0 Å². The van der Waals surface area contributed by atoms with Crippen molar-refractivity contribution in [1.29, 1.82) is 0 Å². The molecule has 0 unspecified atom stereocenters. The van der Waals surface area contributed by atoms with Gasteiger partial charge in [0.1, 0.15) is 0 Å². The van der Waals surface area contributed by atoms with Crippen molar-refractivity contribution in [2.24, 2.45) is 0 Å². The highest BCUT2D eigenvalue weighted by atomic mass is 15.0. The zero-order valence-corrected chi connectivity index (χ0v) is 24.6. The molecule has 0 atom stereocenters. The molecule has 1 aliphatic rings. The number of hydrogen-bond acceptors (Lipinski definition) is 0. The van der Waals surface area contributed by atoms with Gasteiger partial charge in [0, 0.05) is 27.3 Å². The minimum absolute atomic E-state index is 0.0496. The molecule has 1 nitrogen and oxygen atoms in total. The standard InChI is InChI=1S/C41H33N/c1-5-10-28-23-29(16-15-26(28)2)30-18-22-39-36(24-30)35-20-17-27-11-6-7-12-32(27)40(35)42(39)31-19-21-34-33-13-8-9-14-37(33)41(3,4)38(34)25-31/h5-25H,1-4H3/b10-5-. The molecule has 42 heavy (non-hydrogen) atoms. The van der Waals surface area contributed by atoms with E-state index in [4.69, 9.17) is 0 Å². The van der Waals surface area contributed by atoms with E-state index in [-0.39, 0.29) is 5.41 Å². The minimum atomic E-state index is -0.0496. The van der Waals surface area contributed by atoms with Gasteiger partial charge in [-0.15, -0.1) is 0 Å². The summed E-state index contributed by atoms with van der Waals surface area (Å²) in [6, 6.07) is 43.1.